The van der Waals surface area contributed by atoms with Crippen LogP contribution < -0.4 is 10.6 Å². The number of anilines is 1. The minimum atomic E-state index is -0.151. The highest BCUT2D eigenvalue weighted by molar-refractivity contribution is 6.37. The number of H-pyrrole nitrogens is 1. The molecule has 1 aliphatic heterocycles. The summed E-state index contributed by atoms with van der Waals surface area (Å²) in [5, 5.41) is 6.70. The maximum atomic E-state index is 12.2. The highest BCUT2D eigenvalue weighted by Crippen LogP contribution is 2.40. The number of para-hydroxylation sites is 1. The Morgan fingerprint density at radius 2 is 1.96 bits per heavy atom. The summed E-state index contributed by atoms with van der Waals surface area (Å²) >= 11 is 6.59. The number of carbonyl (C=O) groups excluding carboxylic acids is 1. The van der Waals surface area contributed by atoms with E-state index in [9.17, 15) is 4.79 Å². The maximum Gasteiger partial charge on any atom is 0.255 e. The van der Waals surface area contributed by atoms with Crippen molar-refractivity contribution in [2.75, 3.05) is 5.32 Å². The lowest BCUT2D eigenvalue weighted by Crippen LogP contribution is -2.27. The van der Waals surface area contributed by atoms with Gasteiger partial charge >= 0.3 is 0 Å². The van der Waals surface area contributed by atoms with Crippen molar-refractivity contribution in [3.63, 3.8) is 0 Å². The first-order chi connectivity index (χ1) is 12.7. The lowest BCUT2D eigenvalue weighted by molar-refractivity contribution is 0.0958. The summed E-state index contributed by atoms with van der Waals surface area (Å²) in [5.74, 6) is 0.589. The van der Waals surface area contributed by atoms with E-state index in [-0.39, 0.29) is 17.5 Å². The van der Waals surface area contributed by atoms with Crippen LogP contribution in [0.3, 0.4) is 0 Å². The number of nitrogens with one attached hydrogen (secondary N) is 3. The van der Waals surface area contributed by atoms with Gasteiger partial charge in [0.25, 0.3) is 5.91 Å². The quantitative estimate of drug-likeness (QED) is 0.603. The molecule has 1 unspecified atom stereocenters. The molecule has 0 saturated carbocycles. The van der Waals surface area contributed by atoms with Crippen molar-refractivity contribution in [2.24, 2.45) is 0 Å². The number of nitrogens with zero attached hydrogens (tertiary/aromatic N) is 2. The van der Waals surface area contributed by atoms with Crippen molar-refractivity contribution in [1.29, 1.82) is 0 Å². The van der Waals surface area contributed by atoms with Gasteiger partial charge in [0.15, 0.2) is 0 Å². The van der Waals surface area contributed by atoms with Crippen molar-refractivity contribution >= 4 is 34.4 Å². The molecule has 2 aromatic heterocycles. The number of rotatable bonds is 2. The van der Waals surface area contributed by atoms with Crippen LogP contribution in [0.4, 0.5) is 5.82 Å². The Balaban J connectivity index is 1.93. The van der Waals surface area contributed by atoms with E-state index in [0.717, 1.165) is 33.8 Å². The van der Waals surface area contributed by atoms with Gasteiger partial charge in [-0.25, -0.2) is 9.97 Å². The Kier molecular flexibility index (Phi) is 3.93. The molecule has 0 bridgehead atoms. The van der Waals surface area contributed by atoms with Gasteiger partial charge in [0.1, 0.15) is 11.3 Å². The smallest absolute Gasteiger partial charge is 0.255 e. The minimum absolute atomic E-state index is 0.0971. The molecule has 0 saturated heterocycles. The van der Waals surface area contributed by atoms with E-state index in [1.54, 1.807) is 0 Å². The summed E-state index contributed by atoms with van der Waals surface area (Å²) in [5.41, 5.74) is 5.08. The fourth-order valence-electron chi connectivity index (χ4n) is 3.41. The Bertz CT molecular complexity index is 1080. The SMILES string of the molecule is Cc1nc2cccc(-c3[nH]c4c(c3Cl)C(=O)NC4C)c2nc1NC(C)(C)C. The van der Waals surface area contributed by atoms with Gasteiger partial charge in [0.05, 0.1) is 39.2 Å². The van der Waals surface area contributed by atoms with E-state index in [2.05, 4.69) is 36.4 Å². The highest BCUT2D eigenvalue weighted by Gasteiger charge is 2.33. The number of carbonyl (C=O) groups is 1. The van der Waals surface area contributed by atoms with Crippen molar-refractivity contribution in [3.8, 4) is 11.3 Å². The number of hydrogen-bond donors (Lipinski definition) is 3. The zero-order chi connectivity index (χ0) is 19.5. The fraction of sp³-hybridized carbons (Fsp3) is 0.350. The molecule has 1 aliphatic rings. The van der Waals surface area contributed by atoms with Gasteiger partial charge in [0.2, 0.25) is 0 Å². The van der Waals surface area contributed by atoms with Crippen LogP contribution in [0.1, 0.15) is 55.5 Å². The van der Waals surface area contributed by atoms with Gasteiger partial charge in [-0.15, -0.1) is 0 Å². The molecule has 3 aromatic rings. The fourth-order valence-corrected chi connectivity index (χ4v) is 3.75. The first-order valence-corrected chi connectivity index (χ1v) is 9.31. The molecule has 1 atom stereocenters. The van der Waals surface area contributed by atoms with Gasteiger partial charge in [-0.3, -0.25) is 4.79 Å². The summed E-state index contributed by atoms with van der Waals surface area (Å²) < 4.78 is 0. The molecule has 4 rings (SSSR count). The molecule has 3 heterocycles. The molecule has 7 heteroatoms. The van der Waals surface area contributed by atoms with E-state index in [1.807, 2.05) is 32.0 Å². The number of benzene rings is 1. The molecule has 3 N–H and O–H groups in total. The molecule has 6 nitrogen and oxygen atoms in total. The zero-order valence-electron chi connectivity index (χ0n) is 16.0. The minimum Gasteiger partial charge on any atom is -0.364 e. The van der Waals surface area contributed by atoms with E-state index in [4.69, 9.17) is 21.6 Å². The number of fused-ring (bicyclic) bond motifs is 2. The molecule has 1 aromatic carbocycles. The van der Waals surface area contributed by atoms with Crippen molar-refractivity contribution in [2.45, 2.75) is 46.2 Å². The second-order valence-corrected chi connectivity index (χ2v) is 8.38. The summed E-state index contributed by atoms with van der Waals surface area (Å²) in [6.45, 7) is 10.1. The van der Waals surface area contributed by atoms with Crippen LogP contribution in [0, 0.1) is 6.92 Å². The largest absolute Gasteiger partial charge is 0.364 e. The first-order valence-electron chi connectivity index (χ1n) is 8.94. The third-order valence-electron chi connectivity index (χ3n) is 4.61. The van der Waals surface area contributed by atoms with Crippen LogP contribution in [0.15, 0.2) is 18.2 Å². The number of halogens is 1. The Hall–Kier alpha value is -2.60. The van der Waals surface area contributed by atoms with E-state index in [1.165, 1.54) is 0 Å². The third-order valence-corrected chi connectivity index (χ3v) is 4.99. The number of aromatic nitrogens is 3. The van der Waals surface area contributed by atoms with E-state index >= 15 is 0 Å². The first kappa shape index (κ1) is 17.8. The van der Waals surface area contributed by atoms with E-state index < -0.39 is 0 Å². The lowest BCUT2D eigenvalue weighted by Gasteiger charge is -2.22. The molecular weight excluding hydrogens is 362 g/mol. The predicted octanol–water partition coefficient (Wildman–Crippen LogP) is 4.60. The second kappa shape index (κ2) is 5.96. The van der Waals surface area contributed by atoms with Crippen LogP contribution in [0.2, 0.25) is 5.02 Å². The monoisotopic (exact) mass is 383 g/mol. The van der Waals surface area contributed by atoms with Crippen LogP contribution in [-0.4, -0.2) is 26.4 Å². The average molecular weight is 384 g/mol. The number of aromatic amines is 1. The summed E-state index contributed by atoms with van der Waals surface area (Å²) in [4.78, 5) is 25.1. The zero-order valence-corrected chi connectivity index (χ0v) is 16.7. The van der Waals surface area contributed by atoms with Crippen molar-refractivity contribution < 1.29 is 4.79 Å². The molecule has 140 valence electrons. The van der Waals surface area contributed by atoms with Gasteiger partial charge in [-0.1, -0.05) is 23.7 Å². The Morgan fingerprint density at radius 1 is 1.22 bits per heavy atom. The van der Waals surface area contributed by atoms with Gasteiger partial charge in [-0.2, -0.15) is 0 Å². The molecule has 0 radical (unpaired) electrons. The summed E-state index contributed by atoms with van der Waals surface area (Å²) in [6.07, 6.45) is 0. The van der Waals surface area contributed by atoms with Gasteiger partial charge in [0, 0.05) is 11.1 Å². The number of hydrogen-bond acceptors (Lipinski definition) is 4. The third kappa shape index (κ3) is 2.94. The molecule has 1 amide bonds. The van der Waals surface area contributed by atoms with Gasteiger partial charge in [-0.05, 0) is 40.7 Å². The van der Waals surface area contributed by atoms with Gasteiger partial charge < -0.3 is 15.6 Å². The topological polar surface area (TPSA) is 82.7 Å². The second-order valence-electron chi connectivity index (χ2n) is 8.00. The Labute approximate surface area is 162 Å². The molecule has 0 fully saturated rings. The molecule has 0 aliphatic carbocycles. The maximum absolute atomic E-state index is 12.2. The molecular formula is C20H22ClN5O. The molecule has 27 heavy (non-hydrogen) atoms. The normalized spacial score (nSPS) is 16.5. The average Bonchev–Trinajstić information content (AvgIpc) is 3.04. The van der Waals surface area contributed by atoms with E-state index in [0.29, 0.717) is 16.3 Å². The van der Waals surface area contributed by atoms with Crippen LogP contribution in [0.5, 0.6) is 0 Å². The summed E-state index contributed by atoms with van der Waals surface area (Å²) in [7, 11) is 0. The van der Waals surface area contributed by atoms with Crippen LogP contribution in [-0.2, 0) is 0 Å². The lowest BCUT2D eigenvalue weighted by atomic mass is 10.1. The van der Waals surface area contributed by atoms with Crippen LogP contribution in [0.25, 0.3) is 22.3 Å². The standard InChI is InChI=1S/C20H22ClN5O/c1-9-15-13(19(27)23-9)14(21)17(24-15)11-7-6-8-12-16(11)25-18(10(2)22-12)26-20(3,4)5/h6-9,24H,1-5H3,(H,23,27)(H,25,26). The van der Waals surface area contributed by atoms with Crippen molar-refractivity contribution in [1.82, 2.24) is 20.3 Å². The number of aryl methyl sites for hydroxylation is 1. The highest BCUT2D eigenvalue weighted by atomic mass is 35.5. The summed E-state index contributed by atoms with van der Waals surface area (Å²) in [6, 6.07) is 5.71. The van der Waals surface area contributed by atoms with Crippen molar-refractivity contribution in [3.05, 3.63) is 40.2 Å². The van der Waals surface area contributed by atoms with Crippen LogP contribution >= 0.6 is 11.6 Å². The number of amides is 1. The molecule has 0 spiro atoms. The predicted molar refractivity (Wildman–Crippen MR) is 108 cm³/mol. The Morgan fingerprint density at radius 3 is 2.63 bits per heavy atom.